The monoisotopic (exact) mass is 373 g/mol. The van der Waals surface area contributed by atoms with Gasteiger partial charge in [0.15, 0.2) is 5.78 Å². The van der Waals surface area contributed by atoms with Crippen LogP contribution >= 0.6 is 0 Å². The first kappa shape index (κ1) is 17.2. The van der Waals surface area contributed by atoms with Crippen molar-refractivity contribution >= 4 is 15.8 Å². The smallest absolute Gasteiger partial charge is 0.240 e. The molecule has 1 aliphatic carbocycles. The number of ether oxygens (including phenoxy) is 1. The van der Waals surface area contributed by atoms with Crippen LogP contribution in [0.25, 0.3) is 0 Å². The van der Waals surface area contributed by atoms with Gasteiger partial charge in [-0.2, -0.15) is 0 Å². The van der Waals surface area contributed by atoms with Crippen LogP contribution in [-0.4, -0.2) is 37.6 Å². The van der Waals surface area contributed by atoms with Gasteiger partial charge in [0, 0.05) is 17.9 Å². The number of Topliss-reactive ketones (excluding diaryl/α,β-unsaturated/α-hetero) is 1. The third kappa shape index (κ3) is 2.72. The van der Waals surface area contributed by atoms with Gasteiger partial charge in [0.2, 0.25) is 10.0 Å². The van der Waals surface area contributed by atoms with Crippen molar-refractivity contribution in [2.75, 3.05) is 0 Å². The van der Waals surface area contributed by atoms with Gasteiger partial charge >= 0.3 is 0 Å². The average molecular weight is 373 g/mol. The van der Waals surface area contributed by atoms with E-state index in [-0.39, 0.29) is 22.7 Å². The summed E-state index contributed by atoms with van der Waals surface area (Å²) >= 11 is 0. The Morgan fingerprint density at radius 3 is 2.58 bits per heavy atom. The molecule has 0 radical (unpaired) electrons. The average Bonchev–Trinajstić information content (AvgIpc) is 3.11. The van der Waals surface area contributed by atoms with Crippen LogP contribution in [0.4, 0.5) is 0 Å². The summed E-state index contributed by atoms with van der Waals surface area (Å²) in [6, 6.07) is 12.6. The van der Waals surface area contributed by atoms with Crippen molar-refractivity contribution in [3.63, 3.8) is 0 Å². The normalized spacial score (nSPS) is 26.8. The minimum atomic E-state index is -3.78. The van der Waals surface area contributed by atoms with Crippen LogP contribution in [0.1, 0.15) is 35.2 Å². The zero-order chi connectivity index (χ0) is 18.5. The van der Waals surface area contributed by atoms with E-state index >= 15 is 0 Å². The van der Waals surface area contributed by atoms with Crippen LogP contribution < -0.4 is 9.46 Å². The first-order valence-electron chi connectivity index (χ1n) is 8.44. The molecule has 0 amide bonds. The molecule has 2 aliphatic rings. The van der Waals surface area contributed by atoms with Gasteiger partial charge in [-0.15, -0.1) is 0 Å². The lowest BCUT2D eigenvalue weighted by Gasteiger charge is -2.22. The van der Waals surface area contributed by atoms with E-state index in [0.717, 1.165) is 5.56 Å². The van der Waals surface area contributed by atoms with Crippen molar-refractivity contribution in [1.29, 1.82) is 0 Å². The molecule has 136 valence electrons. The molecule has 1 aliphatic heterocycles. The summed E-state index contributed by atoms with van der Waals surface area (Å²) in [6.07, 6.45) is -0.917. The maximum absolute atomic E-state index is 12.7. The molecular weight excluding hydrogens is 354 g/mol. The van der Waals surface area contributed by atoms with Crippen LogP contribution in [0.3, 0.4) is 0 Å². The first-order chi connectivity index (χ1) is 12.4. The molecule has 0 bridgehead atoms. The van der Waals surface area contributed by atoms with Crippen molar-refractivity contribution in [1.82, 2.24) is 4.72 Å². The van der Waals surface area contributed by atoms with Crippen molar-refractivity contribution in [2.24, 2.45) is 0 Å². The van der Waals surface area contributed by atoms with E-state index < -0.39 is 22.2 Å². The second-order valence-electron chi connectivity index (χ2n) is 6.73. The number of sulfonamides is 1. The summed E-state index contributed by atoms with van der Waals surface area (Å²) < 4.78 is 34.0. The SMILES string of the molecule is CC(=O)c1cccc2c1O[C@@H]1C[C@H](O)[C@@H](NS(=O)(=O)c3ccccc3)[C@H]21. The molecule has 0 aromatic heterocycles. The zero-order valence-corrected chi connectivity index (χ0v) is 14.9. The maximum Gasteiger partial charge on any atom is 0.240 e. The number of ketones is 1. The number of fused-ring (bicyclic) bond motifs is 3. The molecule has 2 aromatic rings. The van der Waals surface area contributed by atoms with Gasteiger partial charge in [-0.25, -0.2) is 13.1 Å². The van der Waals surface area contributed by atoms with Crippen molar-refractivity contribution < 1.29 is 23.1 Å². The van der Waals surface area contributed by atoms with Gasteiger partial charge in [0.1, 0.15) is 11.9 Å². The fourth-order valence-corrected chi connectivity index (χ4v) is 5.21. The Labute approximate surface area is 151 Å². The second-order valence-corrected chi connectivity index (χ2v) is 8.44. The molecule has 1 saturated carbocycles. The lowest BCUT2D eigenvalue weighted by molar-refractivity contribution is 0.101. The number of carbonyl (C=O) groups excluding carboxylic acids is 1. The fraction of sp³-hybridized carbons (Fsp3) is 0.316. The summed E-state index contributed by atoms with van der Waals surface area (Å²) in [5.74, 6) is 0.0624. The number of hydrogen-bond acceptors (Lipinski definition) is 5. The minimum absolute atomic E-state index is 0.108. The van der Waals surface area contributed by atoms with E-state index in [9.17, 15) is 18.3 Å². The lowest BCUT2D eigenvalue weighted by Crippen LogP contribution is -2.43. The summed E-state index contributed by atoms with van der Waals surface area (Å²) in [5.41, 5.74) is 1.25. The Bertz CT molecular complexity index is 957. The molecule has 6 nitrogen and oxygen atoms in total. The highest BCUT2D eigenvalue weighted by Crippen LogP contribution is 2.48. The van der Waals surface area contributed by atoms with Crippen LogP contribution in [0.15, 0.2) is 53.4 Å². The van der Waals surface area contributed by atoms with Gasteiger partial charge in [-0.1, -0.05) is 30.3 Å². The van der Waals surface area contributed by atoms with Crippen molar-refractivity contribution in [3.05, 3.63) is 59.7 Å². The quantitative estimate of drug-likeness (QED) is 0.798. The molecule has 2 aromatic carbocycles. The predicted octanol–water partition coefficient (Wildman–Crippen LogP) is 1.85. The van der Waals surface area contributed by atoms with E-state index in [0.29, 0.717) is 17.7 Å². The largest absolute Gasteiger partial charge is 0.489 e. The van der Waals surface area contributed by atoms with E-state index in [1.54, 1.807) is 30.3 Å². The van der Waals surface area contributed by atoms with Gasteiger partial charge < -0.3 is 9.84 Å². The zero-order valence-electron chi connectivity index (χ0n) is 14.1. The summed E-state index contributed by atoms with van der Waals surface area (Å²) in [4.78, 5) is 12.0. The number of aliphatic hydroxyl groups excluding tert-OH is 1. The fourth-order valence-electron chi connectivity index (χ4n) is 3.89. The molecule has 0 saturated heterocycles. The van der Waals surface area contributed by atoms with Gasteiger partial charge in [0.25, 0.3) is 0 Å². The maximum atomic E-state index is 12.7. The van der Waals surface area contributed by atoms with E-state index in [2.05, 4.69) is 4.72 Å². The molecular formula is C19H19NO5S. The molecule has 26 heavy (non-hydrogen) atoms. The van der Waals surface area contributed by atoms with Gasteiger partial charge in [-0.3, -0.25) is 4.79 Å². The Morgan fingerprint density at radius 1 is 1.15 bits per heavy atom. The summed E-state index contributed by atoms with van der Waals surface area (Å²) in [7, 11) is -3.78. The number of aliphatic hydroxyl groups is 1. The van der Waals surface area contributed by atoms with Crippen molar-refractivity contribution in [3.8, 4) is 5.75 Å². The highest BCUT2D eigenvalue weighted by molar-refractivity contribution is 7.89. The summed E-state index contributed by atoms with van der Waals surface area (Å²) in [6.45, 7) is 1.47. The summed E-state index contributed by atoms with van der Waals surface area (Å²) in [5, 5.41) is 10.4. The molecule has 1 fully saturated rings. The third-order valence-corrected chi connectivity index (χ3v) is 6.55. The number of benzene rings is 2. The molecule has 4 rings (SSSR count). The molecule has 4 atom stereocenters. The van der Waals surface area contributed by atoms with E-state index in [1.807, 2.05) is 6.07 Å². The van der Waals surface area contributed by atoms with Crippen LogP contribution in [0.5, 0.6) is 5.75 Å². The Hall–Kier alpha value is -2.22. The van der Waals surface area contributed by atoms with Gasteiger partial charge in [-0.05, 0) is 25.1 Å². The molecule has 0 spiro atoms. The van der Waals surface area contributed by atoms with Crippen LogP contribution in [0.2, 0.25) is 0 Å². The molecule has 2 N–H and O–H groups in total. The lowest BCUT2D eigenvalue weighted by atomic mass is 9.92. The first-order valence-corrected chi connectivity index (χ1v) is 9.93. The highest BCUT2D eigenvalue weighted by atomic mass is 32.2. The topological polar surface area (TPSA) is 92.7 Å². The number of nitrogens with one attached hydrogen (secondary N) is 1. The van der Waals surface area contributed by atoms with Crippen LogP contribution in [-0.2, 0) is 10.0 Å². The Kier molecular flexibility index (Phi) is 4.10. The molecule has 1 heterocycles. The second kappa shape index (κ2) is 6.19. The van der Waals surface area contributed by atoms with Crippen LogP contribution in [0, 0.1) is 0 Å². The Morgan fingerprint density at radius 2 is 1.88 bits per heavy atom. The highest BCUT2D eigenvalue weighted by Gasteiger charge is 2.51. The minimum Gasteiger partial charge on any atom is -0.489 e. The number of rotatable bonds is 4. The predicted molar refractivity (Wildman–Crippen MR) is 94.8 cm³/mol. The molecule has 7 heteroatoms. The third-order valence-electron chi connectivity index (χ3n) is 5.07. The Balaban J connectivity index is 1.70. The number of hydrogen-bond donors (Lipinski definition) is 2. The number of para-hydroxylation sites is 1. The van der Waals surface area contributed by atoms with Gasteiger partial charge in [0.05, 0.1) is 22.6 Å². The molecule has 0 unspecified atom stereocenters. The number of carbonyl (C=O) groups is 1. The standard InChI is InChI=1S/C19H19NO5S/c1-11(21)13-8-5-9-14-17-16(25-19(13)14)10-15(22)18(17)20-26(23,24)12-6-3-2-4-7-12/h2-9,15-18,20,22H,10H2,1H3/t15-,16+,17+,18+/m0/s1. The van der Waals surface area contributed by atoms with E-state index in [1.165, 1.54) is 19.1 Å². The van der Waals surface area contributed by atoms with E-state index in [4.69, 9.17) is 4.74 Å². The van der Waals surface area contributed by atoms with Crippen molar-refractivity contribution in [2.45, 2.75) is 42.4 Å².